The smallest absolute Gasteiger partial charge is 0.217 e. The highest BCUT2D eigenvalue weighted by molar-refractivity contribution is 14.1. The van der Waals surface area contributed by atoms with Crippen molar-refractivity contribution in [2.75, 3.05) is 6.61 Å². The second-order valence-electron chi connectivity index (χ2n) is 6.31. The van der Waals surface area contributed by atoms with E-state index in [-0.39, 0.29) is 23.7 Å². The van der Waals surface area contributed by atoms with Crippen LogP contribution in [-0.4, -0.2) is 24.4 Å². The van der Waals surface area contributed by atoms with Crippen LogP contribution in [0, 0.1) is 5.92 Å². The second kappa shape index (κ2) is 12.0. The number of hydrogen-bond acceptors (Lipinski definition) is 3. The summed E-state index contributed by atoms with van der Waals surface area (Å²) in [7, 11) is 0. The maximum atomic E-state index is 12.1. The van der Waals surface area contributed by atoms with Crippen molar-refractivity contribution < 1.29 is 14.3 Å². The number of unbranched alkanes of at least 4 members (excludes halogenated alkanes) is 6. The van der Waals surface area contributed by atoms with E-state index in [9.17, 15) is 9.59 Å². The van der Waals surface area contributed by atoms with Gasteiger partial charge in [0.2, 0.25) is 5.91 Å². The van der Waals surface area contributed by atoms with Gasteiger partial charge in [-0.2, -0.15) is 0 Å². The molecular weight excluding hydrogens is 405 g/mol. The molecule has 1 aliphatic rings. The minimum atomic E-state index is -0.243. The Hall–Kier alpha value is -0.430. The first kappa shape index (κ1) is 20.6. The summed E-state index contributed by atoms with van der Waals surface area (Å²) in [6, 6.07) is 0. The summed E-state index contributed by atoms with van der Waals surface area (Å²) in [6.07, 6.45) is 11.8. The molecule has 1 aliphatic carbocycles. The van der Waals surface area contributed by atoms with E-state index in [1.807, 2.05) is 0 Å². The number of ketones is 1. The molecular formula is C18H30INO3. The summed E-state index contributed by atoms with van der Waals surface area (Å²) in [5, 5.41) is 0. The Morgan fingerprint density at radius 2 is 1.87 bits per heavy atom. The van der Waals surface area contributed by atoms with E-state index in [4.69, 9.17) is 10.5 Å². The van der Waals surface area contributed by atoms with Crippen LogP contribution >= 0.6 is 22.6 Å². The Balaban J connectivity index is 2.25. The zero-order chi connectivity index (χ0) is 17.1. The van der Waals surface area contributed by atoms with Crippen molar-refractivity contribution >= 4 is 34.3 Å². The summed E-state index contributed by atoms with van der Waals surface area (Å²) in [5.74, 6) is -0.00862. The summed E-state index contributed by atoms with van der Waals surface area (Å²) in [6.45, 7) is 2.85. The van der Waals surface area contributed by atoms with Crippen molar-refractivity contribution in [3.63, 3.8) is 0 Å². The van der Waals surface area contributed by atoms with Gasteiger partial charge < -0.3 is 10.5 Å². The van der Waals surface area contributed by atoms with Gasteiger partial charge in [0, 0.05) is 16.6 Å². The third-order valence-corrected chi connectivity index (χ3v) is 5.19. The number of ether oxygens (including phenoxy) is 1. The van der Waals surface area contributed by atoms with E-state index < -0.39 is 0 Å². The number of carbonyl (C=O) groups is 2. The molecule has 2 unspecified atom stereocenters. The quantitative estimate of drug-likeness (QED) is 0.347. The molecule has 0 aromatic rings. The molecule has 0 saturated carbocycles. The second-order valence-corrected chi connectivity index (χ2v) is 7.55. The van der Waals surface area contributed by atoms with Crippen LogP contribution in [0.4, 0.5) is 0 Å². The predicted octanol–water partition coefficient (Wildman–Crippen LogP) is 4.30. The number of rotatable bonds is 13. The number of allylic oxidation sites excluding steroid dienone is 1. The third kappa shape index (κ3) is 8.29. The Kier molecular flexibility index (Phi) is 10.8. The van der Waals surface area contributed by atoms with Gasteiger partial charge in [0.05, 0.1) is 12.0 Å². The summed E-state index contributed by atoms with van der Waals surface area (Å²) < 4.78 is 7.00. The van der Waals surface area contributed by atoms with Crippen LogP contribution in [0.3, 0.4) is 0 Å². The Morgan fingerprint density at radius 1 is 1.17 bits per heavy atom. The van der Waals surface area contributed by atoms with Crippen molar-refractivity contribution in [3.05, 3.63) is 9.66 Å². The molecule has 1 rings (SSSR count). The Bertz CT molecular complexity index is 409. The number of nitrogens with two attached hydrogens (primary N) is 1. The van der Waals surface area contributed by atoms with Gasteiger partial charge in [0.15, 0.2) is 5.78 Å². The topological polar surface area (TPSA) is 69.4 Å². The molecule has 0 aromatic carbocycles. The average Bonchev–Trinajstić information content (AvgIpc) is 2.76. The van der Waals surface area contributed by atoms with Gasteiger partial charge in [-0.05, 0) is 47.9 Å². The molecule has 0 aliphatic heterocycles. The van der Waals surface area contributed by atoms with Crippen LogP contribution in [0.5, 0.6) is 0 Å². The number of carbonyl (C=O) groups excluding carboxylic acids is 2. The van der Waals surface area contributed by atoms with Crippen LogP contribution in [0.2, 0.25) is 0 Å². The normalized spacial score (nSPS) is 20.8. The SMILES string of the molecule is CCCCCCCC1C(=O)C=C(I)C1OCCCCCC(N)=O. The maximum Gasteiger partial charge on any atom is 0.217 e. The first-order valence-electron chi connectivity index (χ1n) is 8.87. The van der Waals surface area contributed by atoms with Gasteiger partial charge in [-0.25, -0.2) is 0 Å². The van der Waals surface area contributed by atoms with Crippen molar-refractivity contribution in [1.29, 1.82) is 0 Å². The van der Waals surface area contributed by atoms with E-state index in [1.165, 1.54) is 25.7 Å². The third-order valence-electron chi connectivity index (χ3n) is 4.27. The molecule has 2 N–H and O–H groups in total. The number of hydrogen-bond donors (Lipinski definition) is 1. The van der Waals surface area contributed by atoms with Crippen molar-refractivity contribution in [2.24, 2.45) is 11.7 Å². The van der Waals surface area contributed by atoms with Crippen LogP contribution in [-0.2, 0) is 14.3 Å². The molecule has 23 heavy (non-hydrogen) atoms. The molecule has 0 spiro atoms. The summed E-state index contributed by atoms with van der Waals surface area (Å²) in [5.41, 5.74) is 5.12. The highest BCUT2D eigenvalue weighted by Crippen LogP contribution is 2.33. The Labute approximate surface area is 153 Å². The van der Waals surface area contributed by atoms with E-state index in [0.29, 0.717) is 13.0 Å². The first-order valence-corrected chi connectivity index (χ1v) is 9.95. The van der Waals surface area contributed by atoms with Gasteiger partial charge >= 0.3 is 0 Å². The zero-order valence-corrected chi connectivity index (χ0v) is 16.3. The first-order chi connectivity index (χ1) is 11.1. The van der Waals surface area contributed by atoms with Crippen LogP contribution < -0.4 is 5.73 Å². The molecule has 132 valence electrons. The lowest BCUT2D eigenvalue weighted by Gasteiger charge is -2.20. The molecule has 4 nitrogen and oxygen atoms in total. The molecule has 1 amide bonds. The van der Waals surface area contributed by atoms with E-state index in [1.54, 1.807) is 6.08 Å². The maximum absolute atomic E-state index is 12.1. The van der Waals surface area contributed by atoms with E-state index in [2.05, 4.69) is 29.5 Å². The number of halogens is 1. The predicted molar refractivity (Wildman–Crippen MR) is 101 cm³/mol. The van der Waals surface area contributed by atoms with Crippen LogP contribution in [0.25, 0.3) is 0 Å². The highest BCUT2D eigenvalue weighted by atomic mass is 127. The van der Waals surface area contributed by atoms with Crippen molar-refractivity contribution in [3.8, 4) is 0 Å². The van der Waals surface area contributed by atoms with Gasteiger partial charge in [-0.15, -0.1) is 0 Å². The van der Waals surface area contributed by atoms with E-state index >= 15 is 0 Å². The summed E-state index contributed by atoms with van der Waals surface area (Å²) in [4.78, 5) is 22.8. The van der Waals surface area contributed by atoms with Gasteiger partial charge in [0.25, 0.3) is 0 Å². The highest BCUT2D eigenvalue weighted by Gasteiger charge is 2.35. The molecule has 0 aromatic heterocycles. The largest absolute Gasteiger partial charge is 0.372 e. The molecule has 0 radical (unpaired) electrons. The minimum Gasteiger partial charge on any atom is -0.372 e. The van der Waals surface area contributed by atoms with Gasteiger partial charge in [-0.1, -0.05) is 45.4 Å². The van der Waals surface area contributed by atoms with Crippen LogP contribution in [0.15, 0.2) is 9.66 Å². The lowest BCUT2D eigenvalue weighted by Crippen LogP contribution is -2.25. The standard InChI is InChI=1S/C18H30INO3/c1-2-3-4-5-7-10-14-16(21)13-15(19)18(14)23-12-9-6-8-11-17(20)22/h13-14,18H,2-12H2,1H3,(H2,20,22). The number of primary amides is 1. The van der Waals surface area contributed by atoms with Crippen molar-refractivity contribution in [2.45, 2.75) is 77.2 Å². The van der Waals surface area contributed by atoms with Gasteiger partial charge in [-0.3, -0.25) is 9.59 Å². The molecule has 0 bridgehead atoms. The van der Waals surface area contributed by atoms with Gasteiger partial charge in [0.1, 0.15) is 0 Å². The lowest BCUT2D eigenvalue weighted by molar-refractivity contribution is -0.121. The lowest BCUT2D eigenvalue weighted by atomic mass is 9.95. The average molecular weight is 435 g/mol. The fourth-order valence-corrected chi connectivity index (χ4v) is 3.83. The minimum absolute atomic E-state index is 0.00847. The Morgan fingerprint density at radius 3 is 2.57 bits per heavy atom. The monoisotopic (exact) mass is 435 g/mol. The van der Waals surface area contributed by atoms with Crippen LogP contribution in [0.1, 0.15) is 71.1 Å². The summed E-state index contributed by atoms with van der Waals surface area (Å²) >= 11 is 2.23. The number of amides is 1. The fraction of sp³-hybridized carbons (Fsp3) is 0.778. The molecule has 0 fully saturated rings. The molecule has 2 atom stereocenters. The van der Waals surface area contributed by atoms with Crippen molar-refractivity contribution in [1.82, 2.24) is 0 Å². The fourth-order valence-electron chi connectivity index (χ4n) is 2.91. The molecule has 5 heteroatoms. The van der Waals surface area contributed by atoms with E-state index in [0.717, 1.165) is 35.7 Å². The molecule has 0 heterocycles. The zero-order valence-electron chi connectivity index (χ0n) is 14.2. The molecule has 0 saturated heterocycles.